The first-order chi connectivity index (χ1) is 31.5. The van der Waals surface area contributed by atoms with E-state index in [0.29, 0.717) is 11.5 Å². The summed E-state index contributed by atoms with van der Waals surface area (Å²) < 4.78 is 0. The molecule has 8 saturated carbocycles. The van der Waals surface area contributed by atoms with Crippen LogP contribution in [0.3, 0.4) is 0 Å². The average Bonchev–Trinajstić information content (AvgIpc) is 3.24. The second kappa shape index (κ2) is 18.3. The maximum Gasteiger partial charge on any atom is 0.127 e. The zero-order chi connectivity index (χ0) is 47.2. The zero-order valence-electron chi connectivity index (χ0n) is 45.4. The van der Waals surface area contributed by atoms with E-state index in [-0.39, 0.29) is 67.8 Å². The second-order valence-corrected chi connectivity index (χ2v) is 32.7. The van der Waals surface area contributed by atoms with Crippen molar-refractivity contribution in [2.24, 2.45) is 35.5 Å². The molecule has 8 bridgehead atoms. The van der Waals surface area contributed by atoms with Gasteiger partial charge in [-0.3, -0.25) is 0 Å². The zero-order valence-corrected chi connectivity index (χ0v) is 48.8. The molecule has 5 heteroatoms. The average molecular weight is 1030 g/mol. The van der Waals surface area contributed by atoms with Crippen LogP contribution >= 0.6 is 0 Å². The number of aromatic nitrogens is 1. The molecule has 0 spiro atoms. The molecule has 70 heavy (non-hydrogen) atoms. The Labute approximate surface area is 444 Å². The fourth-order valence-corrected chi connectivity index (χ4v) is 17.6. The molecule has 8 aliphatic carbocycles. The molecule has 0 radical (unpaired) electrons. The first kappa shape index (κ1) is 53.0. The van der Waals surface area contributed by atoms with Crippen molar-refractivity contribution in [1.29, 1.82) is 0 Å². The van der Waals surface area contributed by atoms with E-state index < -0.39 is 8.07 Å². The van der Waals surface area contributed by atoms with Gasteiger partial charge in [-0.15, -0.1) is 0 Å². The monoisotopic (exact) mass is 1030 g/mol. The van der Waals surface area contributed by atoms with E-state index in [9.17, 15) is 10.2 Å². The largest absolute Gasteiger partial charge is 0.507 e. The molecule has 0 aliphatic heterocycles. The van der Waals surface area contributed by atoms with Crippen LogP contribution in [-0.2, 0) is 47.9 Å². The van der Waals surface area contributed by atoms with Crippen molar-refractivity contribution in [3.8, 4) is 56.3 Å². The van der Waals surface area contributed by atoms with Crippen LogP contribution in [0.15, 0.2) is 84.9 Å². The van der Waals surface area contributed by atoms with Gasteiger partial charge in [0.25, 0.3) is 0 Å². The third-order valence-electron chi connectivity index (χ3n) is 19.6. The van der Waals surface area contributed by atoms with Crippen molar-refractivity contribution in [2.45, 2.75) is 179 Å². The Morgan fingerprint density at radius 3 is 1.04 bits per heavy atom. The summed E-state index contributed by atoms with van der Waals surface area (Å²) in [5.41, 5.74) is 12.9. The molecular weight excluding hydrogens is 946 g/mol. The van der Waals surface area contributed by atoms with Crippen LogP contribution in [0.1, 0.15) is 162 Å². The number of hydrogen-bond donors (Lipinski definition) is 2. The van der Waals surface area contributed by atoms with Gasteiger partial charge in [0, 0.05) is 59.6 Å². The minimum Gasteiger partial charge on any atom is -0.507 e. The third kappa shape index (κ3) is 8.91. The van der Waals surface area contributed by atoms with E-state index in [1.54, 1.807) is 0 Å². The van der Waals surface area contributed by atoms with E-state index in [1.807, 2.05) is 0 Å². The fraction of sp³-hybridized carbons (Fsp3) is 0.523. The molecule has 2 N–H and O–H groups in total. The van der Waals surface area contributed by atoms with Crippen LogP contribution in [0.2, 0.25) is 18.1 Å². The molecule has 8 fully saturated rings. The third-order valence-corrected chi connectivity index (χ3v) is 25.1. The number of aromatic hydroxyl groups is 2. The number of pyridine rings is 1. The van der Waals surface area contributed by atoms with Gasteiger partial charge in [0.2, 0.25) is 0 Å². The number of phenolic OH excluding ortho intramolecular Hbond substituents is 2. The van der Waals surface area contributed by atoms with Gasteiger partial charge < -0.3 is 25.1 Å². The quantitative estimate of drug-likeness (QED) is 0.126. The van der Waals surface area contributed by atoms with Gasteiger partial charge >= 0.3 is 0 Å². The molecule has 1 aromatic heterocycles. The Morgan fingerprint density at radius 1 is 0.457 bits per heavy atom. The Bertz CT molecular complexity index is 2530. The molecule has 0 unspecified atom stereocenters. The number of phenols is 2. The number of hydrogen-bond acceptors (Lipinski definition) is 3. The summed E-state index contributed by atoms with van der Waals surface area (Å²) in [6, 6.07) is 31.8. The van der Waals surface area contributed by atoms with Gasteiger partial charge in [-0.25, -0.2) is 4.98 Å². The number of rotatable bonds is 7. The first-order valence-electron chi connectivity index (χ1n) is 26.5. The van der Waals surface area contributed by atoms with Crippen molar-refractivity contribution in [1.82, 2.24) is 4.98 Å². The summed E-state index contributed by atoms with van der Waals surface area (Å²) >= 11 is 0. The van der Waals surface area contributed by atoms with Crippen molar-refractivity contribution in [3.63, 3.8) is 0 Å². The van der Waals surface area contributed by atoms with Crippen molar-refractivity contribution >= 4 is 13.3 Å². The molecule has 1 heterocycles. The van der Waals surface area contributed by atoms with E-state index >= 15 is 0 Å². The van der Waals surface area contributed by atoms with Crippen LogP contribution in [0.5, 0.6) is 11.5 Å². The molecule has 5 aromatic rings. The van der Waals surface area contributed by atoms with Crippen LogP contribution in [0, 0.1) is 50.4 Å². The standard InChI is InChI=1S/C63H79NO2Si.2CH3.Zr/c1-59(2,3)44-26-51(57(65)53(28-44)62-32-38-20-39(33-62)22-40(21-38)34-62)47-16-12-14-18-49(47)55-30-46(67(10,11)61(7,8)9)31-56(64-55)50-19-15-13-17-48(50)52-27-45(60(4,5)6)29-54(58(52)66)63-35-41-23-42(36-63)25-43(24-41)37-63;;;/h12-19,26-31,38-43,65-66H,20-25,32-37H2,1-11H3;2*1H3;/q;2*-1;. The maximum atomic E-state index is 12.9. The normalized spacial score (nSPS) is 27.7. The van der Waals surface area contributed by atoms with E-state index in [0.717, 1.165) is 80.3 Å². The minimum atomic E-state index is -2.13. The Kier molecular flexibility index (Phi) is 13.9. The fourth-order valence-electron chi connectivity index (χ4n) is 15.7. The Hall–Kier alpha value is -3.27. The Balaban J connectivity index is 0.00000220. The van der Waals surface area contributed by atoms with Gasteiger partial charge in [0.1, 0.15) is 11.5 Å². The van der Waals surface area contributed by atoms with Gasteiger partial charge in [0.15, 0.2) is 0 Å². The van der Waals surface area contributed by atoms with Gasteiger partial charge in [-0.05, 0) is 186 Å². The van der Waals surface area contributed by atoms with E-state index in [4.69, 9.17) is 4.98 Å². The van der Waals surface area contributed by atoms with Crippen LogP contribution in [0.25, 0.3) is 44.8 Å². The Morgan fingerprint density at radius 2 is 0.757 bits per heavy atom. The van der Waals surface area contributed by atoms with E-state index in [2.05, 4.69) is 160 Å². The molecule has 3 nitrogen and oxygen atoms in total. The van der Waals surface area contributed by atoms with Crippen LogP contribution in [0.4, 0.5) is 0 Å². The second-order valence-electron chi connectivity index (χ2n) is 27.3. The summed E-state index contributed by atoms with van der Waals surface area (Å²) in [5.74, 6) is 5.66. The molecule has 372 valence electrons. The van der Waals surface area contributed by atoms with Crippen LogP contribution in [-0.4, -0.2) is 23.3 Å². The molecule has 0 atom stereocenters. The van der Waals surface area contributed by atoms with Crippen molar-refractivity contribution in [3.05, 3.63) is 122 Å². The predicted molar refractivity (Wildman–Crippen MR) is 296 cm³/mol. The SMILES string of the molecule is CC(C)(C)c1cc(-c2ccccc2-c2cc([Si](C)(C)C(C)(C)C)cc(-c3ccccc3-c3cc(C(C)(C)C)cc(C45CC6CC(CC(C6)C4)C5)c3O)n2)c(O)c(C23CC4CC(CC(C4)C2)C3)c1.[CH3-].[CH3-].[Zr]. The summed E-state index contributed by atoms with van der Waals surface area (Å²) in [5, 5.41) is 27.3. The maximum absolute atomic E-state index is 12.9. The van der Waals surface area contributed by atoms with E-state index in [1.165, 1.54) is 104 Å². The molecule has 13 rings (SSSR count). The number of nitrogens with zero attached hydrogens (tertiary/aromatic N) is 1. The molecule has 8 aliphatic rings. The van der Waals surface area contributed by atoms with Gasteiger partial charge in [-0.1, -0.05) is 141 Å². The summed E-state index contributed by atoms with van der Waals surface area (Å²) in [6.45, 7) is 26.2. The predicted octanol–water partition coefficient (Wildman–Crippen LogP) is 17.3. The molecular formula is C65H85NO2SiZr-2. The van der Waals surface area contributed by atoms with Crippen molar-refractivity contribution in [2.75, 3.05) is 0 Å². The molecule has 4 aromatic carbocycles. The first-order valence-corrected chi connectivity index (χ1v) is 29.5. The summed E-state index contributed by atoms with van der Waals surface area (Å²) in [7, 11) is -2.13. The number of benzene rings is 4. The summed E-state index contributed by atoms with van der Waals surface area (Å²) in [6.07, 6.45) is 15.5. The van der Waals surface area contributed by atoms with Gasteiger partial charge in [-0.2, -0.15) is 0 Å². The minimum absolute atomic E-state index is 0. The molecule has 0 saturated heterocycles. The van der Waals surface area contributed by atoms with Gasteiger partial charge in [0.05, 0.1) is 19.5 Å². The topological polar surface area (TPSA) is 53.4 Å². The summed E-state index contributed by atoms with van der Waals surface area (Å²) in [4.78, 5) is 5.76. The van der Waals surface area contributed by atoms with Crippen LogP contribution < -0.4 is 5.19 Å². The smallest absolute Gasteiger partial charge is 0.127 e. The van der Waals surface area contributed by atoms with Crippen molar-refractivity contribution < 1.29 is 36.4 Å². The molecule has 0 amide bonds.